The number of methoxy groups -OCH3 is 2. The third kappa shape index (κ3) is 5.24. The number of benzene rings is 2. The highest BCUT2D eigenvalue weighted by Crippen LogP contribution is 2.52. The zero-order valence-corrected chi connectivity index (χ0v) is 21.3. The molecule has 7 heteroatoms. The maximum Gasteiger partial charge on any atom is 0.326 e. The van der Waals surface area contributed by atoms with E-state index in [1.54, 1.807) is 14.2 Å². The van der Waals surface area contributed by atoms with Crippen molar-refractivity contribution in [3.8, 4) is 22.6 Å². The monoisotopic (exact) mass is 480 g/mol. The van der Waals surface area contributed by atoms with Crippen LogP contribution in [0.25, 0.3) is 11.1 Å². The van der Waals surface area contributed by atoms with Crippen molar-refractivity contribution in [3.63, 3.8) is 0 Å². The number of hydrogen-bond acceptors (Lipinski definition) is 4. The quantitative estimate of drug-likeness (QED) is 0.584. The van der Waals surface area contributed by atoms with E-state index in [0.29, 0.717) is 18.0 Å². The average molecular weight is 481 g/mol. The van der Waals surface area contributed by atoms with E-state index < -0.39 is 12.0 Å². The van der Waals surface area contributed by atoms with Crippen LogP contribution in [-0.4, -0.2) is 54.9 Å². The fourth-order valence-electron chi connectivity index (χ4n) is 6.31. The van der Waals surface area contributed by atoms with E-state index in [-0.39, 0.29) is 29.3 Å². The molecule has 7 nitrogen and oxygen atoms in total. The third-order valence-electron chi connectivity index (χ3n) is 7.38. The van der Waals surface area contributed by atoms with Crippen LogP contribution in [0.4, 0.5) is 4.79 Å². The first-order chi connectivity index (χ1) is 16.5. The van der Waals surface area contributed by atoms with Crippen molar-refractivity contribution in [2.24, 2.45) is 10.8 Å². The first-order valence-corrected chi connectivity index (χ1v) is 12.1. The Labute approximate surface area is 207 Å². The first-order valence-electron chi connectivity index (χ1n) is 12.1. The van der Waals surface area contributed by atoms with Gasteiger partial charge in [0.25, 0.3) is 0 Å². The summed E-state index contributed by atoms with van der Waals surface area (Å²) in [4.78, 5) is 27.1. The molecule has 1 aliphatic heterocycles. The first kappa shape index (κ1) is 24.9. The molecule has 2 aromatic carbocycles. The molecule has 35 heavy (non-hydrogen) atoms. The van der Waals surface area contributed by atoms with Crippen LogP contribution in [0.5, 0.6) is 11.5 Å². The number of nitrogens with zero attached hydrogens (tertiary/aromatic N) is 1. The Bertz CT molecular complexity index is 1070. The second-order valence-electron chi connectivity index (χ2n) is 11.1. The molecule has 188 valence electrons. The number of fused-ring (bicyclic) bond motifs is 2. The van der Waals surface area contributed by atoms with Crippen molar-refractivity contribution in [1.29, 1.82) is 0 Å². The second kappa shape index (κ2) is 9.44. The number of ether oxygens (including phenoxy) is 2. The van der Waals surface area contributed by atoms with E-state index in [1.807, 2.05) is 47.4 Å². The van der Waals surface area contributed by atoms with Gasteiger partial charge in [-0.25, -0.2) is 9.59 Å². The van der Waals surface area contributed by atoms with E-state index in [0.717, 1.165) is 36.0 Å². The lowest BCUT2D eigenvalue weighted by Gasteiger charge is -2.39. The van der Waals surface area contributed by atoms with E-state index in [2.05, 4.69) is 26.1 Å². The fourth-order valence-corrected chi connectivity index (χ4v) is 6.31. The molecular weight excluding hydrogens is 444 g/mol. The molecule has 2 N–H and O–H groups in total. The van der Waals surface area contributed by atoms with Crippen LogP contribution in [0.2, 0.25) is 0 Å². The molecule has 3 atom stereocenters. The Kier molecular flexibility index (Phi) is 6.71. The molecule has 0 spiro atoms. The van der Waals surface area contributed by atoms with Crippen molar-refractivity contribution in [3.05, 3.63) is 48.0 Å². The van der Waals surface area contributed by atoms with Crippen molar-refractivity contribution in [2.75, 3.05) is 20.8 Å². The lowest BCUT2D eigenvalue weighted by Crippen LogP contribution is -2.50. The number of carbonyl (C=O) groups is 2. The maximum atomic E-state index is 13.2. The highest BCUT2D eigenvalue weighted by Gasteiger charge is 2.51. The molecule has 2 unspecified atom stereocenters. The van der Waals surface area contributed by atoms with Crippen molar-refractivity contribution in [2.45, 2.75) is 58.5 Å². The SMILES string of the molecule is COc1cccc(OC)c1-c1ccc(C[C@H](NC(=O)N2CC3(C)CC2CC(C)(C)C3)C(=O)O)cc1. The molecule has 1 aliphatic carbocycles. The molecule has 0 aromatic heterocycles. The van der Waals surface area contributed by atoms with Crippen molar-refractivity contribution >= 4 is 12.0 Å². The second-order valence-corrected chi connectivity index (χ2v) is 11.1. The van der Waals surface area contributed by atoms with Gasteiger partial charge < -0.3 is 24.8 Å². The molecule has 2 amide bonds. The minimum atomic E-state index is -1.04. The van der Waals surface area contributed by atoms with Crippen LogP contribution in [0.1, 0.15) is 45.6 Å². The summed E-state index contributed by atoms with van der Waals surface area (Å²) in [5, 5.41) is 12.6. The topological polar surface area (TPSA) is 88.1 Å². The lowest BCUT2D eigenvalue weighted by molar-refractivity contribution is -0.139. The van der Waals surface area contributed by atoms with Gasteiger partial charge in [-0.3, -0.25) is 0 Å². The fraction of sp³-hybridized carbons (Fsp3) is 0.500. The summed E-state index contributed by atoms with van der Waals surface area (Å²) in [5.41, 5.74) is 2.84. The van der Waals surface area contributed by atoms with Gasteiger partial charge >= 0.3 is 12.0 Å². The molecule has 2 bridgehead atoms. The van der Waals surface area contributed by atoms with Crippen LogP contribution in [0, 0.1) is 10.8 Å². The molecule has 2 aromatic rings. The Balaban J connectivity index is 1.47. The lowest BCUT2D eigenvalue weighted by atomic mass is 9.65. The van der Waals surface area contributed by atoms with Gasteiger partial charge in [-0.05, 0) is 53.4 Å². The van der Waals surface area contributed by atoms with Gasteiger partial charge in [-0.1, -0.05) is 51.1 Å². The zero-order chi connectivity index (χ0) is 25.4. The van der Waals surface area contributed by atoms with Crippen LogP contribution in [0.3, 0.4) is 0 Å². The third-order valence-corrected chi connectivity index (χ3v) is 7.38. The molecule has 0 radical (unpaired) electrons. The summed E-state index contributed by atoms with van der Waals surface area (Å²) in [6, 6.07) is 12.1. The van der Waals surface area contributed by atoms with Crippen molar-refractivity contribution < 1.29 is 24.2 Å². The number of hydrogen-bond donors (Lipinski definition) is 2. The van der Waals surface area contributed by atoms with Gasteiger partial charge in [-0.15, -0.1) is 0 Å². The molecule has 2 aliphatic rings. The number of urea groups is 1. The minimum Gasteiger partial charge on any atom is -0.496 e. The number of carboxylic acids is 1. The van der Waals surface area contributed by atoms with Gasteiger partial charge in [-0.2, -0.15) is 0 Å². The van der Waals surface area contributed by atoms with Gasteiger partial charge in [0.15, 0.2) is 0 Å². The largest absolute Gasteiger partial charge is 0.496 e. The number of likely N-dealkylation sites (tertiary alicyclic amines) is 1. The minimum absolute atomic E-state index is 0.0951. The number of nitrogens with one attached hydrogen (secondary N) is 1. The molecule has 1 saturated carbocycles. The van der Waals surface area contributed by atoms with Crippen LogP contribution in [-0.2, 0) is 11.2 Å². The molecule has 2 fully saturated rings. The number of aliphatic carboxylic acids is 1. The number of carbonyl (C=O) groups excluding carboxylic acids is 1. The van der Waals surface area contributed by atoms with E-state index >= 15 is 0 Å². The van der Waals surface area contributed by atoms with Crippen LogP contribution in [0.15, 0.2) is 42.5 Å². The summed E-state index contributed by atoms with van der Waals surface area (Å²) in [6.07, 6.45) is 3.20. The zero-order valence-electron chi connectivity index (χ0n) is 21.3. The van der Waals surface area contributed by atoms with E-state index in [1.165, 1.54) is 0 Å². The summed E-state index contributed by atoms with van der Waals surface area (Å²) in [6.45, 7) is 7.42. The normalized spacial score (nSPS) is 23.5. The predicted molar refractivity (Wildman–Crippen MR) is 135 cm³/mol. The number of amides is 2. The van der Waals surface area contributed by atoms with E-state index in [9.17, 15) is 14.7 Å². The molecule has 1 heterocycles. The van der Waals surface area contributed by atoms with Gasteiger partial charge in [0.2, 0.25) is 0 Å². The van der Waals surface area contributed by atoms with Crippen LogP contribution < -0.4 is 14.8 Å². The molecule has 1 saturated heterocycles. The summed E-state index contributed by atoms with van der Waals surface area (Å²) in [5.74, 6) is 0.350. The smallest absolute Gasteiger partial charge is 0.326 e. The predicted octanol–water partition coefficient (Wildman–Crippen LogP) is 4.98. The summed E-state index contributed by atoms with van der Waals surface area (Å²) < 4.78 is 11.0. The number of carboxylic acid groups (broad SMARTS) is 1. The Morgan fingerprint density at radius 1 is 1.06 bits per heavy atom. The highest BCUT2D eigenvalue weighted by atomic mass is 16.5. The van der Waals surface area contributed by atoms with Gasteiger partial charge in [0.05, 0.1) is 19.8 Å². The average Bonchev–Trinajstić information content (AvgIpc) is 3.07. The number of rotatable bonds is 7. The molecular formula is C28H36N2O5. The maximum absolute atomic E-state index is 13.2. The standard InChI is InChI=1S/C28H36N2O5/c1-27(2)14-20-15-28(3,16-27)17-30(20)26(33)29-21(25(31)32)13-18-9-11-19(12-10-18)24-22(34-4)7-6-8-23(24)35-5/h6-12,20-21H,13-17H2,1-5H3,(H,29,33)(H,31,32)/t20?,21-,28?/m0/s1. The van der Waals surface area contributed by atoms with Crippen LogP contribution >= 0.6 is 0 Å². The summed E-state index contributed by atoms with van der Waals surface area (Å²) >= 11 is 0. The summed E-state index contributed by atoms with van der Waals surface area (Å²) in [7, 11) is 3.23. The van der Waals surface area contributed by atoms with E-state index in [4.69, 9.17) is 9.47 Å². The van der Waals surface area contributed by atoms with Gasteiger partial charge in [0.1, 0.15) is 17.5 Å². The Morgan fingerprint density at radius 3 is 2.26 bits per heavy atom. The Hall–Kier alpha value is -3.22. The molecule has 4 rings (SSSR count). The Morgan fingerprint density at radius 2 is 1.69 bits per heavy atom. The highest BCUT2D eigenvalue weighted by molar-refractivity contribution is 5.83. The van der Waals surface area contributed by atoms with Gasteiger partial charge in [0, 0.05) is 19.0 Å². The van der Waals surface area contributed by atoms with Crippen molar-refractivity contribution in [1.82, 2.24) is 10.2 Å².